The van der Waals surface area contributed by atoms with Crippen LogP contribution in [0.5, 0.6) is 0 Å². The van der Waals surface area contributed by atoms with Crippen LogP contribution in [-0.4, -0.2) is 25.6 Å². The van der Waals surface area contributed by atoms with Gasteiger partial charge in [0.25, 0.3) is 0 Å². The summed E-state index contributed by atoms with van der Waals surface area (Å²) in [7, 11) is 0. The van der Waals surface area contributed by atoms with Crippen LogP contribution in [0.1, 0.15) is 17.4 Å². The van der Waals surface area contributed by atoms with Gasteiger partial charge < -0.3 is 10.6 Å². The number of halogens is 2. The van der Waals surface area contributed by atoms with Gasteiger partial charge in [-0.15, -0.1) is 35.3 Å². The molecule has 0 aliphatic rings. The van der Waals surface area contributed by atoms with Gasteiger partial charge in [-0.2, -0.15) is 0 Å². The Bertz CT molecular complexity index is 570. The maximum atomic E-state index is 12.8. The minimum Gasteiger partial charge on any atom is -0.357 e. The third-order valence-electron chi connectivity index (χ3n) is 3.17. The van der Waals surface area contributed by atoms with E-state index in [2.05, 4.69) is 40.1 Å². The molecular weight excluding hydrogens is 424 g/mol. The van der Waals surface area contributed by atoms with Gasteiger partial charge in [-0.3, -0.25) is 4.99 Å². The van der Waals surface area contributed by atoms with Gasteiger partial charge in [-0.25, -0.2) is 4.39 Å². The summed E-state index contributed by atoms with van der Waals surface area (Å²) in [5.41, 5.74) is 1.11. The smallest absolute Gasteiger partial charge is 0.191 e. The first kappa shape index (κ1) is 19.9. The van der Waals surface area contributed by atoms with Crippen LogP contribution in [0.15, 0.2) is 46.8 Å². The average molecular weight is 447 g/mol. The van der Waals surface area contributed by atoms with Crippen LogP contribution in [-0.2, 0) is 12.8 Å². The predicted molar refractivity (Wildman–Crippen MR) is 108 cm³/mol. The number of guanidine groups is 1. The Balaban J connectivity index is 0.00000264. The Morgan fingerprint density at radius 2 is 1.91 bits per heavy atom. The van der Waals surface area contributed by atoms with Gasteiger partial charge in [0.15, 0.2) is 5.96 Å². The summed E-state index contributed by atoms with van der Waals surface area (Å²) in [6, 6.07) is 10.8. The Hall–Kier alpha value is -1.15. The average Bonchev–Trinajstić information content (AvgIpc) is 3.02. The molecule has 0 unspecified atom stereocenters. The SMILES string of the molecule is CCNC(=NCCc1cccs1)NCCc1ccc(F)cc1.I. The number of nitrogens with one attached hydrogen (secondary N) is 2. The molecule has 0 atom stereocenters. The van der Waals surface area contributed by atoms with Crippen LogP contribution >= 0.6 is 35.3 Å². The molecule has 126 valence electrons. The predicted octanol–water partition coefficient (Wildman–Crippen LogP) is 3.85. The molecule has 0 spiro atoms. The van der Waals surface area contributed by atoms with E-state index in [1.54, 1.807) is 11.3 Å². The summed E-state index contributed by atoms with van der Waals surface area (Å²) in [5, 5.41) is 8.64. The molecule has 6 heteroatoms. The molecule has 0 amide bonds. The number of aliphatic imine (C=N–C) groups is 1. The monoisotopic (exact) mass is 447 g/mol. The van der Waals surface area contributed by atoms with E-state index in [0.29, 0.717) is 0 Å². The lowest BCUT2D eigenvalue weighted by Crippen LogP contribution is -2.38. The van der Waals surface area contributed by atoms with Crippen molar-refractivity contribution in [2.75, 3.05) is 19.6 Å². The maximum absolute atomic E-state index is 12.8. The fourth-order valence-electron chi connectivity index (χ4n) is 2.05. The second-order valence-electron chi connectivity index (χ2n) is 4.89. The topological polar surface area (TPSA) is 36.4 Å². The highest BCUT2D eigenvalue weighted by Crippen LogP contribution is 2.08. The molecule has 0 saturated carbocycles. The van der Waals surface area contributed by atoms with E-state index in [1.165, 1.54) is 17.0 Å². The van der Waals surface area contributed by atoms with Crippen LogP contribution in [0.25, 0.3) is 0 Å². The second-order valence-corrected chi connectivity index (χ2v) is 5.93. The molecule has 0 aliphatic carbocycles. The number of hydrogen-bond donors (Lipinski definition) is 2. The van der Waals surface area contributed by atoms with E-state index in [4.69, 9.17) is 0 Å². The van der Waals surface area contributed by atoms with Crippen molar-refractivity contribution >= 4 is 41.3 Å². The molecule has 0 bridgehead atoms. The third-order valence-corrected chi connectivity index (χ3v) is 4.11. The van der Waals surface area contributed by atoms with Gasteiger partial charge in [0.05, 0.1) is 0 Å². The van der Waals surface area contributed by atoms with E-state index in [-0.39, 0.29) is 29.8 Å². The van der Waals surface area contributed by atoms with E-state index in [9.17, 15) is 4.39 Å². The summed E-state index contributed by atoms with van der Waals surface area (Å²) in [4.78, 5) is 5.93. The molecule has 1 aromatic heterocycles. The minimum absolute atomic E-state index is 0. The van der Waals surface area contributed by atoms with Crippen molar-refractivity contribution in [1.29, 1.82) is 0 Å². The Kier molecular flexibility index (Phi) is 9.86. The number of nitrogens with zero attached hydrogens (tertiary/aromatic N) is 1. The Labute approximate surface area is 158 Å². The molecule has 1 aromatic carbocycles. The summed E-state index contributed by atoms with van der Waals surface area (Å²) in [5.74, 6) is 0.640. The first-order valence-corrected chi connectivity index (χ1v) is 8.45. The van der Waals surface area contributed by atoms with Crippen LogP contribution in [0.2, 0.25) is 0 Å². The van der Waals surface area contributed by atoms with Gasteiger partial charge in [0, 0.05) is 30.9 Å². The molecular formula is C17H23FIN3S. The molecule has 23 heavy (non-hydrogen) atoms. The van der Waals surface area contributed by atoms with Gasteiger partial charge in [-0.1, -0.05) is 18.2 Å². The molecule has 0 aliphatic heterocycles. The fourth-order valence-corrected chi connectivity index (χ4v) is 2.75. The van der Waals surface area contributed by atoms with E-state index in [0.717, 1.165) is 44.0 Å². The molecule has 3 nitrogen and oxygen atoms in total. The molecule has 2 rings (SSSR count). The van der Waals surface area contributed by atoms with Crippen molar-refractivity contribution in [3.63, 3.8) is 0 Å². The second kappa shape index (κ2) is 11.4. The van der Waals surface area contributed by atoms with Crippen molar-refractivity contribution in [1.82, 2.24) is 10.6 Å². The first-order valence-electron chi connectivity index (χ1n) is 7.57. The van der Waals surface area contributed by atoms with Gasteiger partial charge in [0.1, 0.15) is 5.82 Å². The molecule has 2 aromatic rings. The van der Waals surface area contributed by atoms with Crippen LogP contribution in [0.4, 0.5) is 4.39 Å². The minimum atomic E-state index is -0.194. The zero-order chi connectivity index (χ0) is 15.6. The van der Waals surface area contributed by atoms with Gasteiger partial charge in [-0.05, 0) is 42.5 Å². The zero-order valence-electron chi connectivity index (χ0n) is 13.2. The van der Waals surface area contributed by atoms with Crippen molar-refractivity contribution in [3.8, 4) is 0 Å². The fraction of sp³-hybridized carbons (Fsp3) is 0.353. The van der Waals surface area contributed by atoms with Gasteiger partial charge >= 0.3 is 0 Å². The maximum Gasteiger partial charge on any atom is 0.191 e. The summed E-state index contributed by atoms with van der Waals surface area (Å²) >= 11 is 1.76. The molecule has 2 N–H and O–H groups in total. The molecule has 0 saturated heterocycles. The highest BCUT2D eigenvalue weighted by Gasteiger charge is 1.99. The number of benzene rings is 1. The van der Waals surface area contributed by atoms with Crippen molar-refractivity contribution in [3.05, 3.63) is 58.0 Å². The first-order chi connectivity index (χ1) is 10.8. The highest BCUT2D eigenvalue weighted by molar-refractivity contribution is 14.0. The van der Waals surface area contributed by atoms with E-state index >= 15 is 0 Å². The standard InChI is InChI=1S/C17H22FN3S.HI/c1-2-19-17(21-12-10-16-4-3-13-22-16)20-11-9-14-5-7-15(18)8-6-14;/h3-8,13H,2,9-12H2,1H3,(H2,19,20,21);1H. The summed E-state index contributed by atoms with van der Waals surface area (Å²) in [6.45, 7) is 4.43. The highest BCUT2D eigenvalue weighted by atomic mass is 127. The lowest BCUT2D eigenvalue weighted by Gasteiger charge is -2.11. The van der Waals surface area contributed by atoms with Gasteiger partial charge in [0.2, 0.25) is 0 Å². The van der Waals surface area contributed by atoms with E-state index in [1.807, 2.05) is 12.1 Å². The number of thiophene rings is 1. The third kappa shape index (κ3) is 7.78. The summed E-state index contributed by atoms with van der Waals surface area (Å²) in [6.07, 6.45) is 1.81. The molecule has 0 fully saturated rings. The molecule has 0 radical (unpaired) electrons. The van der Waals surface area contributed by atoms with E-state index < -0.39 is 0 Å². The Morgan fingerprint density at radius 3 is 2.57 bits per heavy atom. The van der Waals surface area contributed by atoms with Crippen LogP contribution in [0.3, 0.4) is 0 Å². The largest absolute Gasteiger partial charge is 0.357 e. The Morgan fingerprint density at radius 1 is 1.13 bits per heavy atom. The molecule has 1 heterocycles. The van der Waals surface area contributed by atoms with Crippen LogP contribution in [0, 0.1) is 5.82 Å². The van der Waals surface area contributed by atoms with Crippen molar-refractivity contribution < 1.29 is 4.39 Å². The number of hydrogen-bond acceptors (Lipinski definition) is 2. The number of rotatable bonds is 7. The van der Waals surface area contributed by atoms with Crippen molar-refractivity contribution in [2.24, 2.45) is 4.99 Å². The lowest BCUT2D eigenvalue weighted by atomic mass is 10.1. The quantitative estimate of drug-likeness (QED) is 0.385. The van der Waals surface area contributed by atoms with Crippen LogP contribution < -0.4 is 10.6 Å². The normalized spacial score (nSPS) is 11.0. The lowest BCUT2D eigenvalue weighted by molar-refractivity contribution is 0.626. The van der Waals surface area contributed by atoms with Crippen molar-refractivity contribution in [2.45, 2.75) is 19.8 Å². The summed E-state index contributed by atoms with van der Waals surface area (Å²) < 4.78 is 12.8. The zero-order valence-corrected chi connectivity index (χ0v) is 16.4.